The van der Waals surface area contributed by atoms with Crippen LogP contribution in [0.3, 0.4) is 0 Å². The molecule has 194 valence electrons. The highest BCUT2D eigenvalue weighted by atomic mass is 16.2. The average molecular weight is 505 g/mol. The van der Waals surface area contributed by atoms with E-state index in [1.807, 2.05) is 105 Å². The lowest BCUT2D eigenvalue weighted by atomic mass is 9.87. The number of hydrogen-bond donors (Lipinski definition) is 1. The number of amides is 2. The number of rotatable bonds is 11. The van der Waals surface area contributed by atoms with Crippen molar-refractivity contribution >= 4 is 11.8 Å². The van der Waals surface area contributed by atoms with Crippen molar-refractivity contribution in [3.05, 3.63) is 143 Å². The van der Waals surface area contributed by atoms with E-state index in [0.717, 1.165) is 27.8 Å². The molecule has 0 radical (unpaired) electrons. The summed E-state index contributed by atoms with van der Waals surface area (Å²) in [4.78, 5) is 29.5. The second kappa shape index (κ2) is 13.4. The number of nitrogens with zero attached hydrogens (tertiary/aromatic N) is 1. The molecule has 0 saturated heterocycles. The third-order valence-corrected chi connectivity index (χ3v) is 6.88. The molecule has 0 bridgehead atoms. The SMILES string of the molecule is CCNC(=O)[C@H](Cc1ccccc1)N(Cc1ccc(C)cc1)C(=O)CC(c1ccccc1)c1ccccc1. The van der Waals surface area contributed by atoms with Crippen molar-refractivity contribution in [1.82, 2.24) is 10.2 Å². The maximum atomic E-state index is 14.3. The summed E-state index contributed by atoms with van der Waals surface area (Å²) in [5.41, 5.74) is 5.35. The van der Waals surface area contributed by atoms with E-state index in [9.17, 15) is 9.59 Å². The Labute approximate surface area is 226 Å². The standard InChI is InChI=1S/C34H36N2O2/c1-3-35-34(38)32(23-27-13-7-4-8-14-27)36(25-28-21-19-26(2)20-22-28)33(37)24-31(29-15-9-5-10-16-29)30-17-11-6-12-18-30/h4-22,31-32H,3,23-25H2,1-2H3,(H,35,38)/t32-/m0/s1. The smallest absolute Gasteiger partial charge is 0.243 e. The summed E-state index contributed by atoms with van der Waals surface area (Å²) in [5.74, 6) is -0.291. The van der Waals surface area contributed by atoms with E-state index in [0.29, 0.717) is 19.5 Å². The van der Waals surface area contributed by atoms with Crippen LogP contribution in [0, 0.1) is 6.92 Å². The summed E-state index contributed by atoms with van der Waals surface area (Å²) in [5, 5.41) is 2.98. The van der Waals surface area contributed by atoms with Crippen LogP contribution in [0.1, 0.15) is 47.1 Å². The van der Waals surface area contributed by atoms with E-state index < -0.39 is 6.04 Å². The van der Waals surface area contributed by atoms with Gasteiger partial charge in [0.15, 0.2) is 0 Å². The van der Waals surface area contributed by atoms with Gasteiger partial charge in [0.05, 0.1) is 0 Å². The van der Waals surface area contributed by atoms with Gasteiger partial charge in [0, 0.05) is 31.8 Å². The third kappa shape index (κ3) is 7.19. The van der Waals surface area contributed by atoms with Crippen molar-refractivity contribution in [2.24, 2.45) is 0 Å². The Hall–Kier alpha value is -4.18. The zero-order valence-electron chi connectivity index (χ0n) is 22.2. The molecular formula is C34H36N2O2. The predicted molar refractivity (Wildman–Crippen MR) is 154 cm³/mol. The van der Waals surface area contributed by atoms with Crippen LogP contribution in [0.4, 0.5) is 0 Å². The van der Waals surface area contributed by atoms with Crippen LogP contribution in [0.25, 0.3) is 0 Å². The zero-order chi connectivity index (χ0) is 26.7. The van der Waals surface area contributed by atoms with E-state index in [1.54, 1.807) is 4.90 Å². The van der Waals surface area contributed by atoms with Gasteiger partial charge in [-0.05, 0) is 36.1 Å². The van der Waals surface area contributed by atoms with Crippen molar-refractivity contribution in [3.8, 4) is 0 Å². The Morgan fingerprint density at radius 2 is 1.24 bits per heavy atom. The van der Waals surface area contributed by atoms with Gasteiger partial charge >= 0.3 is 0 Å². The second-order valence-corrected chi connectivity index (χ2v) is 9.69. The summed E-state index contributed by atoms with van der Waals surface area (Å²) in [6.07, 6.45) is 0.718. The molecule has 0 aliphatic rings. The summed E-state index contributed by atoms with van der Waals surface area (Å²) >= 11 is 0. The molecule has 0 heterocycles. The predicted octanol–water partition coefficient (Wildman–Crippen LogP) is 6.29. The Bertz CT molecular complexity index is 1250. The Balaban J connectivity index is 1.71. The molecule has 0 saturated carbocycles. The molecule has 1 atom stereocenters. The lowest BCUT2D eigenvalue weighted by Gasteiger charge is -2.33. The number of carbonyl (C=O) groups is 2. The zero-order valence-corrected chi connectivity index (χ0v) is 22.2. The van der Waals surface area contributed by atoms with Gasteiger partial charge in [-0.25, -0.2) is 0 Å². The minimum absolute atomic E-state index is 0.0459. The molecule has 0 fully saturated rings. The molecule has 0 aliphatic carbocycles. The molecule has 0 spiro atoms. The van der Waals surface area contributed by atoms with Crippen LogP contribution in [-0.4, -0.2) is 29.3 Å². The Kier molecular flexibility index (Phi) is 9.47. The Morgan fingerprint density at radius 3 is 1.76 bits per heavy atom. The highest BCUT2D eigenvalue weighted by molar-refractivity contribution is 5.88. The van der Waals surface area contributed by atoms with Crippen molar-refractivity contribution in [2.45, 2.75) is 45.2 Å². The summed E-state index contributed by atoms with van der Waals surface area (Å²) < 4.78 is 0. The highest BCUT2D eigenvalue weighted by Crippen LogP contribution is 2.30. The number of nitrogens with one attached hydrogen (secondary N) is 1. The van der Waals surface area contributed by atoms with E-state index in [1.165, 1.54) is 0 Å². The van der Waals surface area contributed by atoms with Crippen LogP contribution < -0.4 is 5.32 Å². The van der Waals surface area contributed by atoms with Crippen LogP contribution in [-0.2, 0) is 22.6 Å². The Morgan fingerprint density at radius 1 is 0.711 bits per heavy atom. The molecular weight excluding hydrogens is 468 g/mol. The fourth-order valence-electron chi connectivity index (χ4n) is 4.83. The minimum atomic E-state index is -0.627. The van der Waals surface area contributed by atoms with Gasteiger partial charge in [-0.3, -0.25) is 9.59 Å². The van der Waals surface area contributed by atoms with Crippen molar-refractivity contribution in [1.29, 1.82) is 0 Å². The van der Waals surface area contributed by atoms with Gasteiger partial charge in [-0.2, -0.15) is 0 Å². The number of carbonyl (C=O) groups excluding carboxylic acids is 2. The summed E-state index contributed by atoms with van der Waals surface area (Å²) in [6.45, 7) is 4.83. The first-order chi connectivity index (χ1) is 18.5. The second-order valence-electron chi connectivity index (χ2n) is 9.69. The summed E-state index contributed by atoms with van der Waals surface area (Å²) in [7, 11) is 0. The first-order valence-corrected chi connectivity index (χ1v) is 13.3. The molecule has 2 amide bonds. The molecule has 0 aliphatic heterocycles. The molecule has 0 unspecified atom stereocenters. The van der Waals surface area contributed by atoms with Gasteiger partial charge in [0.25, 0.3) is 0 Å². The molecule has 4 aromatic carbocycles. The molecule has 0 aromatic heterocycles. The molecule has 4 aromatic rings. The van der Waals surface area contributed by atoms with Gasteiger partial charge in [-0.15, -0.1) is 0 Å². The quantitative estimate of drug-likeness (QED) is 0.261. The molecule has 4 heteroatoms. The molecule has 38 heavy (non-hydrogen) atoms. The minimum Gasteiger partial charge on any atom is -0.355 e. The van der Waals surface area contributed by atoms with E-state index in [4.69, 9.17) is 0 Å². The maximum absolute atomic E-state index is 14.3. The topological polar surface area (TPSA) is 49.4 Å². The number of likely N-dealkylation sites (N-methyl/N-ethyl adjacent to an activating group) is 1. The summed E-state index contributed by atoms with van der Waals surface area (Å²) in [6, 6.07) is 37.8. The molecule has 4 nitrogen and oxygen atoms in total. The normalized spacial score (nSPS) is 11.7. The lowest BCUT2D eigenvalue weighted by molar-refractivity contribution is -0.141. The van der Waals surface area contributed by atoms with Gasteiger partial charge in [-0.1, -0.05) is 121 Å². The largest absolute Gasteiger partial charge is 0.355 e. The van der Waals surface area contributed by atoms with Gasteiger partial charge < -0.3 is 10.2 Å². The highest BCUT2D eigenvalue weighted by Gasteiger charge is 2.32. The molecule has 1 N–H and O–H groups in total. The monoisotopic (exact) mass is 504 g/mol. The van der Waals surface area contributed by atoms with E-state index in [2.05, 4.69) is 29.6 Å². The van der Waals surface area contributed by atoms with Gasteiger partial charge in [0.2, 0.25) is 11.8 Å². The lowest BCUT2D eigenvalue weighted by Crippen LogP contribution is -2.50. The number of benzene rings is 4. The first kappa shape index (κ1) is 26.9. The molecule has 4 rings (SSSR count). The van der Waals surface area contributed by atoms with E-state index >= 15 is 0 Å². The fraction of sp³-hybridized carbons (Fsp3) is 0.235. The maximum Gasteiger partial charge on any atom is 0.243 e. The fourth-order valence-corrected chi connectivity index (χ4v) is 4.83. The third-order valence-electron chi connectivity index (χ3n) is 6.88. The first-order valence-electron chi connectivity index (χ1n) is 13.3. The van der Waals surface area contributed by atoms with Crippen molar-refractivity contribution in [2.75, 3.05) is 6.54 Å². The number of hydrogen-bond acceptors (Lipinski definition) is 2. The van der Waals surface area contributed by atoms with Crippen molar-refractivity contribution < 1.29 is 9.59 Å². The van der Waals surface area contributed by atoms with Gasteiger partial charge in [0.1, 0.15) is 6.04 Å². The van der Waals surface area contributed by atoms with Crippen molar-refractivity contribution in [3.63, 3.8) is 0 Å². The van der Waals surface area contributed by atoms with E-state index in [-0.39, 0.29) is 24.2 Å². The van der Waals surface area contributed by atoms with Crippen LogP contribution >= 0.6 is 0 Å². The van der Waals surface area contributed by atoms with Crippen LogP contribution in [0.5, 0.6) is 0 Å². The number of aryl methyl sites for hydroxylation is 1. The van der Waals surface area contributed by atoms with Crippen LogP contribution in [0.2, 0.25) is 0 Å². The van der Waals surface area contributed by atoms with Crippen LogP contribution in [0.15, 0.2) is 115 Å². The average Bonchev–Trinajstić information content (AvgIpc) is 2.96.